The van der Waals surface area contributed by atoms with Gasteiger partial charge in [-0.05, 0) is 31.1 Å². The van der Waals surface area contributed by atoms with Crippen LogP contribution < -0.4 is 0 Å². The Morgan fingerprint density at radius 2 is 1.94 bits per heavy atom. The van der Waals surface area contributed by atoms with Gasteiger partial charge in [-0.1, -0.05) is 6.58 Å². The van der Waals surface area contributed by atoms with Gasteiger partial charge >= 0.3 is 11.9 Å². The van der Waals surface area contributed by atoms with Crippen molar-refractivity contribution in [2.75, 3.05) is 14.2 Å². The van der Waals surface area contributed by atoms with Crippen molar-refractivity contribution in [2.45, 2.75) is 25.7 Å². The fourth-order valence-electron chi connectivity index (χ4n) is 2.19. The lowest BCUT2D eigenvalue weighted by atomic mass is 9.96. The van der Waals surface area contributed by atoms with Gasteiger partial charge < -0.3 is 9.47 Å². The molecule has 0 saturated heterocycles. The smallest absolute Gasteiger partial charge is 0.333 e. The van der Waals surface area contributed by atoms with Gasteiger partial charge in [-0.15, -0.1) is 0 Å². The molecule has 0 amide bonds. The summed E-state index contributed by atoms with van der Waals surface area (Å²) in [6.07, 6.45) is 3.09. The number of hydrogen-bond donors (Lipinski definition) is 0. The van der Waals surface area contributed by atoms with E-state index in [1.807, 2.05) is 0 Å². The molecule has 0 spiro atoms. The molecule has 1 saturated carbocycles. The van der Waals surface area contributed by atoms with Gasteiger partial charge in [0.1, 0.15) is 0 Å². The van der Waals surface area contributed by atoms with Crippen molar-refractivity contribution in [3.8, 4) is 0 Å². The number of rotatable bonds is 4. The third-order valence-electron chi connectivity index (χ3n) is 3.16. The lowest BCUT2D eigenvalue weighted by Gasteiger charge is -2.11. The number of methoxy groups -OCH3 is 2. The minimum absolute atomic E-state index is 0.155. The second-order valence-corrected chi connectivity index (χ2v) is 4.17. The summed E-state index contributed by atoms with van der Waals surface area (Å²) in [4.78, 5) is 22.4. The highest BCUT2D eigenvalue weighted by atomic mass is 16.5. The van der Waals surface area contributed by atoms with Crippen LogP contribution in [0.5, 0.6) is 0 Å². The zero-order chi connectivity index (χ0) is 12.1. The Hall–Kier alpha value is -1.32. The standard InChI is InChI=1S/C12H18O4/c1-8(12(14)16-3)10-5-4-9(6-10)7-11(13)15-2/h9-10H,1,4-7H2,2-3H3. The highest BCUT2D eigenvalue weighted by molar-refractivity contribution is 5.88. The molecule has 1 aliphatic carbocycles. The molecule has 2 atom stereocenters. The summed E-state index contributed by atoms with van der Waals surface area (Å²) in [5, 5.41) is 0. The average Bonchev–Trinajstić information content (AvgIpc) is 2.75. The van der Waals surface area contributed by atoms with Gasteiger partial charge in [-0.25, -0.2) is 4.79 Å². The number of esters is 2. The summed E-state index contributed by atoms with van der Waals surface area (Å²) in [6, 6.07) is 0. The zero-order valence-corrected chi connectivity index (χ0v) is 9.82. The third kappa shape index (κ3) is 3.08. The fraction of sp³-hybridized carbons (Fsp3) is 0.667. The van der Waals surface area contributed by atoms with Crippen molar-refractivity contribution in [1.29, 1.82) is 0 Å². The largest absolute Gasteiger partial charge is 0.469 e. The Kier molecular flexibility index (Phi) is 4.52. The Bertz CT molecular complexity index is 295. The molecule has 0 heterocycles. The van der Waals surface area contributed by atoms with E-state index in [0.717, 1.165) is 19.3 Å². The summed E-state index contributed by atoms with van der Waals surface area (Å²) in [7, 11) is 2.75. The van der Waals surface area contributed by atoms with Crippen molar-refractivity contribution in [3.63, 3.8) is 0 Å². The molecule has 0 aromatic rings. The van der Waals surface area contributed by atoms with Crippen LogP contribution in [-0.4, -0.2) is 26.2 Å². The maximum absolute atomic E-state index is 11.3. The lowest BCUT2D eigenvalue weighted by molar-refractivity contribution is -0.141. The molecular formula is C12H18O4. The molecule has 0 N–H and O–H groups in total. The summed E-state index contributed by atoms with van der Waals surface area (Å²) in [5.74, 6) is -0.0704. The third-order valence-corrected chi connectivity index (χ3v) is 3.16. The van der Waals surface area contributed by atoms with Crippen molar-refractivity contribution >= 4 is 11.9 Å². The Labute approximate surface area is 95.6 Å². The maximum Gasteiger partial charge on any atom is 0.333 e. The Balaban J connectivity index is 2.43. The number of carbonyl (C=O) groups is 2. The first-order valence-corrected chi connectivity index (χ1v) is 5.42. The van der Waals surface area contributed by atoms with E-state index in [9.17, 15) is 9.59 Å². The van der Waals surface area contributed by atoms with E-state index in [1.54, 1.807) is 0 Å². The minimum atomic E-state index is -0.344. The van der Waals surface area contributed by atoms with Gasteiger partial charge in [0, 0.05) is 12.0 Å². The van der Waals surface area contributed by atoms with Gasteiger partial charge in [0.05, 0.1) is 14.2 Å². The van der Waals surface area contributed by atoms with Crippen LogP contribution in [0.2, 0.25) is 0 Å². The molecule has 1 rings (SSSR count). The van der Waals surface area contributed by atoms with Gasteiger partial charge in [0.15, 0.2) is 0 Å². The van der Waals surface area contributed by atoms with Crippen molar-refractivity contribution in [2.24, 2.45) is 11.8 Å². The molecule has 2 unspecified atom stereocenters. The molecule has 90 valence electrons. The molecule has 4 heteroatoms. The molecule has 0 radical (unpaired) electrons. The summed E-state index contributed by atoms with van der Waals surface area (Å²) in [6.45, 7) is 3.75. The molecule has 0 aliphatic heterocycles. The predicted molar refractivity (Wildman–Crippen MR) is 58.6 cm³/mol. The number of ether oxygens (including phenoxy) is 2. The van der Waals surface area contributed by atoms with Crippen LogP contribution in [0.1, 0.15) is 25.7 Å². The Morgan fingerprint density at radius 3 is 2.50 bits per heavy atom. The van der Waals surface area contributed by atoms with Gasteiger partial charge in [0.2, 0.25) is 0 Å². The summed E-state index contributed by atoms with van der Waals surface area (Å²) >= 11 is 0. The monoisotopic (exact) mass is 226 g/mol. The second kappa shape index (κ2) is 5.68. The molecule has 0 bridgehead atoms. The SMILES string of the molecule is C=C(C(=O)OC)C1CCC(CC(=O)OC)C1. The molecular weight excluding hydrogens is 208 g/mol. The first-order valence-electron chi connectivity index (χ1n) is 5.42. The van der Waals surface area contributed by atoms with Gasteiger partial charge in [0.25, 0.3) is 0 Å². The fourth-order valence-corrected chi connectivity index (χ4v) is 2.19. The summed E-state index contributed by atoms with van der Waals surface area (Å²) < 4.78 is 9.26. The maximum atomic E-state index is 11.3. The van der Waals surface area contributed by atoms with Crippen LogP contribution in [0.25, 0.3) is 0 Å². The lowest BCUT2D eigenvalue weighted by Crippen LogP contribution is -2.12. The van der Waals surface area contributed by atoms with E-state index in [4.69, 9.17) is 0 Å². The van der Waals surface area contributed by atoms with Crippen LogP contribution in [0.15, 0.2) is 12.2 Å². The molecule has 4 nitrogen and oxygen atoms in total. The number of hydrogen-bond acceptors (Lipinski definition) is 4. The van der Waals surface area contributed by atoms with E-state index in [-0.39, 0.29) is 17.9 Å². The van der Waals surface area contributed by atoms with E-state index < -0.39 is 0 Å². The minimum Gasteiger partial charge on any atom is -0.469 e. The highest BCUT2D eigenvalue weighted by Gasteiger charge is 2.30. The molecule has 0 aromatic heterocycles. The van der Waals surface area contributed by atoms with E-state index in [0.29, 0.717) is 17.9 Å². The van der Waals surface area contributed by atoms with Crippen molar-refractivity contribution in [1.82, 2.24) is 0 Å². The van der Waals surface area contributed by atoms with Crippen LogP contribution in [0, 0.1) is 11.8 Å². The van der Waals surface area contributed by atoms with E-state index in [1.165, 1.54) is 14.2 Å². The van der Waals surface area contributed by atoms with Crippen molar-refractivity contribution in [3.05, 3.63) is 12.2 Å². The summed E-state index contributed by atoms with van der Waals surface area (Å²) in [5.41, 5.74) is 0.523. The topological polar surface area (TPSA) is 52.6 Å². The zero-order valence-electron chi connectivity index (χ0n) is 9.82. The first-order chi connectivity index (χ1) is 7.58. The first kappa shape index (κ1) is 12.7. The molecule has 1 fully saturated rings. The van der Waals surface area contributed by atoms with Crippen molar-refractivity contribution < 1.29 is 19.1 Å². The second-order valence-electron chi connectivity index (χ2n) is 4.17. The quantitative estimate of drug-likeness (QED) is 0.540. The molecule has 0 aromatic carbocycles. The number of carbonyl (C=O) groups excluding carboxylic acids is 2. The van der Waals surface area contributed by atoms with Crippen LogP contribution in [0.4, 0.5) is 0 Å². The molecule has 16 heavy (non-hydrogen) atoms. The molecule has 1 aliphatic rings. The van der Waals surface area contributed by atoms with Crippen LogP contribution in [-0.2, 0) is 19.1 Å². The average molecular weight is 226 g/mol. The van der Waals surface area contributed by atoms with Crippen LogP contribution >= 0.6 is 0 Å². The van der Waals surface area contributed by atoms with Gasteiger partial charge in [-0.3, -0.25) is 4.79 Å². The normalized spacial score (nSPS) is 23.9. The van der Waals surface area contributed by atoms with E-state index in [2.05, 4.69) is 16.1 Å². The van der Waals surface area contributed by atoms with Gasteiger partial charge in [-0.2, -0.15) is 0 Å². The Morgan fingerprint density at radius 1 is 1.25 bits per heavy atom. The van der Waals surface area contributed by atoms with E-state index >= 15 is 0 Å². The predicted octanol–water partition coefficient (Wildman–Crippen LogP) is 1.70. The highest BCUT2D eigenvalue weighted by Crippen LogP contribution is 2.37. The van der Waals surface area contributed by atoms with Crippen LogP contribution in [0.3, 0.4) is 0 Å².